The molecule has 0 aromatic heterocycles. The van der Waals surface area contributed by atoms with Crippen LogP contribution in [-0.4, -0.2) is 42.8 Å². The van der Waals surface area contributed by atoms with Gasteiger partial charge in [0, 0.05) is 19.8 Å². The highest BCUT2D eigenvalue weighted by Crippen LogP contribution is 2.23. The number of nitrogens with one attached hydrogen (secondary N) is 1. The molecule has 0 bridgehead atoms. The molecule has 1 fully saturated rings. The zero-order valence-corrected chi connectivity index (χ0v) is 13.1. The highest BCUT2D eigenvalue weighted by atomic mass is 16.5. The van der Waals surface area contributed by atoms with E-state index in [2.05, 4.69) is 37.9 Å². The van der Waals surface area contributed by atoms with Crippen molar-refractivity contribution in [2.45, 2.75) is 71.6 Å². The fraction of sp³-hybridized carbons (Fsp3) is 0.933. The molecule has 112 valence electrons. The minimum atomic E-state index is 0.0127. The lowest BCUT2D eigenvalue weighted by Gasteiger charge is -2.31. The number of carbonyl (C=O) groups is 1. The lowest BCUT2D eigenvalue weighted by atomic mass is 10.1. The van der Waals surface area contributed by atoms with Gasteiger partial charge in [0.25, 0.3) is 0 Å². The summed E-state index contributed by atoms with van der Waals surface area (Å²) in [6.45, 7) is 9.37. The van der Waals surface area contributed by atoms with Crippen molar-refractivity contribution in [1.82, 2.24) is 10.2 Å². The summed E-state index contributed by atoms with van der Waals surface area (Å²) < 4.78 is 5.14. The van der Waals surface area contributed by atoms with Gasteiger partial charge in [-0.2, -0.15) is 0 Å². The van der Waals surface area contributed by atoms with Crippen molar-refractivity contribution in [3.63, 3.8) is 0 Å². The molecule has 0 saturated carbocycles. The van der Waals surface area contributed by atoms with Crippen LogP contribution in [0.25, 0.3) is 0 Å². The number of amides is 1. The Balaban J connectivity index is 2.72. The van der Waals surface area contributed by atoms with E-state index in [1.807, 2.05) is 0 Å². The third-order valence-electron chi connectivity index (χ3n) is 3.77. The quantitative estimate of drug-likeness (QED) is 0.736. The molecule has 0 aromatic carbocycles. The fourth-order valence-electron chi connectivity index (χ4n) is 2.79. The number of carbonyl (C=O) groups excluding carboxylic acids is 1. The Morgan fingerprint density at radius 3 is 2.58 bits per heavy atom. The largest absolute Gasteiger partial charge is 0.385 e. The Bertz CT molecular complexity index is 281. The molecular weight excluding hydrogens is 240 g/mol. The van der Waals surface area contributed by atoms with Crippen molar-refractivity contribution in [3.05, 3.63) is 0 Å². The van der Waals surface area contributed by atoms with Crippen molar-refractivity contribution in [2.24, 2.45) is 5.92 Å². The van der Waals surface area contributed by atoms with E-state index in [0.29, 0.717) is 12.5 Å². The van der Waals surface area contributed by atoms with Crippen LogP contribution in [0.1, 0.15) is 53.4 Å². The van der Waals surface area contributed by atoms with Crippen LogP contribution < -0.4 is 5.32 Å². The summed E-state index contributed by atoms with van der Waals surface area (Å²) >= 11 is 0. The van der Waals surface area contributed by atoms with Crippen molar-refractivity contribution in [2.75, 3.05) is 13.7 Å². The zero-order valence-electron chi connectivity index (χ0n) is 13.1. The van der Waals surface area contributed by atoms with Crippen molar-refractivity contribution >= 4 is 5.91 Å². The van der Waals surface area contributed by atoms with Gasteiger partial charge in [0.1, 0.15) is 0 Å². The van der Waals surface area contributed by atoms with Gasteiger partial charge in [0.05, 0.1) is 12.2 Å². The molecule has 1 heterocycles. The van der Waals surface area contributed by atoms with Gasteiger partial charge >= 0.3 is 0 Å². The van der Waals surface area contributed by atoms with Crippen LogP contribution in [-0.2, 0) is 9.53 Å². The summed E-state index contributed by atoms with van der Waals surface area (Å²) in [6.07, 6.45) is 4.08. The molecule has 0 radical (unpaired) electrons. The van der Waals surface area contributed by atoms with Crippen LogP contribution in [0.4, 0.5) is 0 Å². The van der Waals surface area contributed by atoms with Gasteiger partial charge in [-0.3, -0.25) is 10.1 Å². The van der Waals surface area contributed by atoms with Crippen molar-refractivity contribution in [3.8, 4) is 0 Å². The predicted molar refractivity (Wildman–Crippen MR) is 77.9 cm³/mol. The SMILES string of the molecule is CCCC1NC(CC(C)C)N(C(C)CCOC)C1=O. The second-order valence-electron chi connectivity index (χ2n) is 6.03. The molecule has 4 nitrogen and oxygen atoms in total. The molecule has 19 heavy (non-hydrogen) atoms. The maximum atomic E-state index is 12.5. The Morgan fingerprint density at radius 1 is 1.37 bits per heavy atom. The van der Waals surface area contributed by atoms with E-state index in [1.165, 1.54) is 0 Å². The summed E-state index contributed by atoms with van der Waals surface area (Å²) in [5, 5.41) is 3.52. The van der Waals surface area contributed by atoms with Crippen LogP contribution in [0.5, 0.6) is 0 Å². The second kappa shape index (κ2) is 7.85. The van der Waals surface area contributed by atoms with Crippen LogP contribution in [0.3, 0.4) is 0 Å². The molecule has 4 heteroatoms. The van der Waals surface area contributed by atoms with Gasteiger partial charge in [-0.15, -0.1) is 0 Å². The standard InChI is InChI=1S/C15H30N2O2/c1-6-7-13-15(18)17(12(4)8-9-19-5)14(16-13)10-11(2)3/h11-14,16H,6-10H2,1-5H3. The zero-order chi connectivity index (χ0) is 14.4. The van der Waals surface area contributed by atoms with E-state index in [0.717, 1.165) is 25.7 Å². The molecule has 0 spiro atoms. The minimum Gasteiger partial charge on any atom is -0.385 e. The van der Waals surface area contributed by atoms with E-state index >= 15 is 0 Å². The van der Waals surface area contributed by atoms with E-state index in [4.69, 9.17) is 4.74 Å². The summed E-state index contributed by atoms with van der Waals surface area (Å²) in [5.74, 6) is 0.860. The lowest BCUT2D eigenvalue weighted by molar-refractivity contribution is -0.132. The summed E-state index contributed by atoms with van der Waals surface area (Å²) in [7, 11) is 1.71. The number of hydrogen-bond donors (Lipinski definition) is 1. The molecule has 0 aromatic rings. The Labute approximate surface area is 117 Å². The van der Waals surface area contributed by atoms with Gasteiger partial charge in [-0.05, 0) is 32.1 Å². The molecule has 3 unspecified atom stereocenters. The summed E-state index contributed by atoms with van der Waals surface area (Å²) in [4.78, 5) is 14.6. The fourth-order valence-corrected chi connectivity index (χ4v) is 2.79. The van der Waals surface area contributed by atoms with Gasteiger partial charge in [0.15, 0.2) is 0 Å². The van der Waals surface area contributed by atoms with Crippen molar-refractivity contribution < 1.29 is 9.53 Å². The number of ether oxygens (including phenoxy) is 1. The molecular formula is C15H30N2O2. The van der Waals surface area contributed by atoms with Crippen LogP contribution >= 0.6 is 0 Å². The first kappa shape index (κ1) is 16.4. The molecule has 1 rings (SSSR count). The molecule has 0 aliphatic carbocycles. The first-order chi connectivity index (χ1) is 9.01. The van der Waals surface area contributed by atoms with E-state index in [-0.39, 0.29) is 24.2 Å². The smallest absolute Gasteiger partial charge is 0.241 e. The first-order valence-electron chi connectivity index (χ1n) is 7.58. The maximum absolute atomic E-state index is 12.5. The maximum Gasteiger partial charge on any atom is 0.241 e. The lowest BCUT2D eigenvalue weighted by Crippen LogP contribution is -2.44. The average molecular weight is 270 g/mol. The third kappa shape index (κ3) is 4.46. The van der Waals surface area contributed by atoms with Crippen LogP contribution in [0.2, 0.25) is 0 Å². The molecule has 1 saturated heterocycles. The molecule has 1 aliphatic rings. The van der Waals surface area contributed by atoms with Gasteiger partial charge in [-0.1, -0.05) is 27.2 Å². The van der Waals surface area contributed by atoms with Crippen molar-refractivity contribution in [1.29, 1.82) is 0 Å². The average Bonchev–Trinajstić information content (AvgIpc) is 2.63. The second-order valence-corrected chi connectivity index (χ2v) is 6.03. The third-order valence-corrected chi connectivity index (χ3v) is 3.77. The summed E-state index contributed by atoms with van der Waals surface area (Å²) in [6, 6.07) is 0.254. The summed E-state index contributed by atoms with van der Waals surface area (Å²) in [5.41, 5.74) is 0. The number of methoxy groups -OCH3 is 1. The highest BCUT2D eigenvalue weighted by Gasteiger charge is 2.40. The number of hydrogen-bond acceptors (Lipinski definition) is 3. The predicted octanol–water partition coefficient (Wildman–Crippen LogP) is 2.38. The van der Waals surface area contributed by atoms with E-state index in [1.54, 1.807) is 7.11 Å². The number of nitrogens with zero attached hydrogens (tertiary/aromatic N) is 1. The van der Waals surface area contributed by atoms with Crippen LogP contribution in [0.15, 0.2) is 0 Å². The van der Waals surface area contributed by atoms with Crippen LogP contribution in [0, 0.1) is 5.92 Å². The molecule has 1 aliphatic heterocycles. The first-order valence-corrected chi connectivity index (χ1v) is 7.58. The van der Waals surface area contributed by atoms with E-state index < -0.39 is 0 Å². The Kier molecular flexibility index (Phi) is 6.80. The van der Waals surface area contributed by atoms with Gasteiger partial charge in [0.2, 0.25) is 5.91 Å². The van der Waals surface area contributed by atoms with Gasteiger partial charge in [-0.25, -0.2) is 0 Å². The normalized spacial score (nSPS) is 25.4. The molecule has 3 atom stereocenters. The monoisotopic (exact) mass is 270 g/mol. The molecule has 1 amide bonds. The number of rotatable bonds is 8. The topological polar surface area (TPSA) is 41.6 Å². The molecule has 1 N–H and O–H groups in total. The highest BCUT2D eigenvalue weighted by molar-refractivity contribution is 5.84. The Morgan fingerprint density at radius 2 is 2.05 bits per heavy atom. The van der Waals surface area contributed by atoms with Gasteiger partial charge < -0.3 is 9.64 Å². The minimum absolute atomic E-state index is 0.0127. The van der Waals surface area contributed by atoms with E-state index in [9.17, 15) is 4.79 Å². The Hall–Kier alpha value is -0.610.